The van der Waals surface area contributed by atoms with Crippen LogP contribution in [0.4, 0.5) is 0 Å². The second-order valence-electron chi connectivity index (χ2n) is 6.28. The van der Waals surface area contributed by atoms with Crippen LogP contribution >= 0.6 is 0 Å². The standard InChI is InChI=1S/C16H25N3O2S/c1-17-11-14-5-4-9-18(12-14)22(20,21)19-10-8-15-6-2-3-7-16(15)13-19/h2-3,6-7,14,17H,4-5,8-13H2,1H3. The minimum Gasteiger partial charge on any atom is -0.319 e. The van der Waals surface area contributed by atoms with Crippen molar-refractivity contribution >= 4 is 10.2 Å². The minimum atomic E-state index is -3.34. The molecule has 1 unspecified atom stereocenters. The molecule has 2 aliphatic rings. The summed E-state index contributed by atoms with van der Waals surface area (Å²) in [5.41, 5.74) is 2.42. The van der Waals surface area contributed by atoms with E-state index in [-0.39, 0.29) is 0 Å². The average Bonchev–Trinajstić information content (AvgIpc) is 2.55. The molecule has 1 fully saturated rings. The number of benzene rings is 1. The van der Waals surface area contributed by atoms with Gasteiger partial charge in [0.15, 0.2) is 0 Å². The Balaban J connectivity index is 1.73. The molecule has 0 aliphatic carbocycles. The first-order chi connectivity index (χ1) is 10.6. The van der Waals surface area contributed by atoms with E-state index in [1.54, 1.807) is 8.61 Å². The van der Waals surface area contributed by atoms with Crippen LogP contribution < -0.4 is 5.32 Å². The molecule has 1 atom stereocenters. The predicted molar refractivity (Wildman–Crippen MR) is 87.7 cm³/mol. The van der Waals surface area contributed by atoms with E-state index in [1.807, 2.05) is 25.2 Å². The van der Waals surface area contributed by atoms with Crippen LogP contribution in [0.25, 0.3) is 0 Å². The Labute approximate surface area is 133 Å². The molecule has 0 bridgehead atoms. The SMILES string of the molecule is CNCC1CCCN(S(=O)(=O)N2CCc3ccccc3C2)C1. The lowest BCUT2D eigenvalue weighted by molar-refractivity contribution is 0.241. The van der Waals surface area contributed by atoms with Crippen LogP contribution in [0.3, 0.4) is 0 Å². The van der Waals surface area contributed by atoms with Gasteiger partial charge in [0.2, 0.25) is 0 Å². The Morgan fingerprint density at radius 3 is 2.73 bits per heavy atom. The summed E-state index contributed by atoms with van der Waals surface area (Å²) in [5.74, 6) is 0.422. The lowest BCUT2D eigenvalue weighted by Crippen LogP contribution is -2.50. The number of rotatable bonds is 4. The molecule has 0 aromatic heterocycles. The molecule has 0 saturated carbocycles. The summed E-state index contributed by atoms with van der Waals surface area (Å²) in [5, 5.41) is 3.17. The Bertz CT molecular complexity index is 616. The van der Waals surface area contributed by atoms with E-state index in [0.29, 0.717) is 32.1 Å². The summed E-state index contributed by atoms with van der Waals surface area (Å²) in [6.07, 6.45) is 2.87. The Hall–Kier alpha value is -0.950. The molecule has 3 rings (SSSR count). The second kappa shape index (κ2) is 6.66. The molecule has 2 aliphatic heterocycles. The second-order valence-corrected chi connectivity index (χ2v) is 8.21. The summed E-state index contributed by atoms with van der Waals surface area (Å²) in [7, 11) is -1.41. The van der Waals surface area contributed by atoms with Crippen LogP contribution in [0, 0.1) is 5.92 Å². The third-order valence-corrected chi connectivity index (χ3v) is 6.67. The maximum absolute atomic E-state index is 12.9. The molecule has 5 nitrogen and oxygen atoms in total. The van der Waals surface area contributed by atoms with Crippen molar-refractivity contribution in [2.24, 2.45) is 5.92 Å². The summed E-state index contributed by atoms with van der Waals surface area (Å²) < 4.78 is 29.2. The summed E-state index contributed by atoms with van der Waals surface area (Å²) in [6.45, 7) is 3.27. The van der Waals surface area contributed by atoms with Crippen molar-refractivity contribution in [1.29, 1.82) is 0 Å². The van der Waals surface area contributed by atoms with Crippen LogP contribution in [0.2, 0.25) is 0 Å². The number of hydrogen-bond donors (Lipinski definition) is 1. The van der Waals surface area contributed by atoms with Gasteiger partial charge in [0.25, 0.3) is 10.2 Å². The smallest absolute Gasteiger partial charge is 0.282 e. The first-order valence-corrected chi connectivity index (χ1v) is 9.47. The number of piperidine rings is 1. The van der Waals surface area contributed by atoms with Gasteiger partial charge in [0.1, 0.15) is 0 Å². The van der Waals surface area contributed by atoms with Crippen LogP contribution in [-0.2, 0) is 23.2 Å². The van der Waals surface area contributed by atoms with Gasteiger partial charge in [-0.25, -0.2) is 0 Å². The number of hydrogen-bond acceptors (Lipinski definition) is 3. The molecular weight excluding hydrogens is 298 g/mol. The van der Waals surface area contributed by atoms with E-state index in [1.165, 1.54) is 5.56 Å². The predicted octanol–water partition coefficient (Wildman–Crippen LogP) is 1.22. The third kappa shape index (κ3) is 3.20. The van der Waals surface area contributed by atoms with Crippen LogP contribution in [0.5, 0.6) is 0 Å². The van der Waals surface area contributed by atoms with Gasteiger partial charge >= 0.3 is 0 Å². The molecular formula is C16H25N3O2S. The van der Waals surface area contributed by atoms with Gasteiger partial charge in [-0.05, 0) is 49.9 Å². The lowest BCUT2D eigenvalue weighted by Gasteiger charge is -2.37. The maximum atomic E-state index is 12.9. The summed E-state index contributed by atoms with van der Waals surface area (Å²) >= 11 is 0. The molecule has 22 heavy (non-hydrogen) atoms. The largest absolute Gasteiger partial charge is 0.319 e. The molecule has 0 radical (unpaired) electrons. The monoisotopic (exact) mass is 323 g/mol. The Kier molecular flexibility index (Phi) is 4.82. The van der Waals surface area contributed by atoms with Crippen molar-refractivity contribution in [2.45, 2.75) is 25.8 Å². The van der Waals surface area contributed by atoms with E-state index >= 15 is 0 Å². The van der Waals surface area contributed by atoms with Gasteiger partial charge in [-0.15, -0.1) is 0 Å². The zero-order valence-electron chi connectivity index (χ0n) is 13.2. The van der Waals surface area contributed by atoms with Crippen molar-refractivity contribution in [1.82, 2.24) is 13.9 Å². The fraction of sp³-hybridized carbons (Fsp3) is 0.625. The minimum absolute atomic E-state index is 0.422. The topological polar surface area (TPSA) is 52.7 Å². The first-order valence-electron chi connectivity index (χ1n) is 8.08. The zero-order chi connectivity index (χ0) is 15.6. The molecule has 2 heterocycles. The van der Waals surface area contributed by atoms with Gasteiger partial charge in [-0.2, -0.15) is 17.0 Å². The molecule has 6 heteroatoms. The number of fused-ring (bicyclic) bond motifs is 1. The molecule has 1 aromatic carbocycles. The van der Waals surface area contributed by atoms with Crippen LogP contribution in [0.1, 0.15) is 24.0 Å². The third-order valence-electron chi connectivity index (χ3n) is 4.72. The zero-order valence-corrected chi connectivity index (χ0v) is 14.0. The van der Waals surface area contributed by atoms with Crippen molar-refractivity contribution < 1.29 is 8.42 Å². The molecule has 1 N–H and O–H groups in total. The molecule has 122 valence electrons. The Morgan fingerprint density at radius 2 is 1.95 bits per heavy atom. The molecule has 0 spiro atoms. The van der Waals surface area contributed by atoms with Crippen molar-refractivity contribution in [3.05, 3.63) is 35.4 Å². The number of nitrogens with zero attached hydrogens (tertiary/aromatic N) is 2. The van der Waals surface area contributed by atoms with Crippen LogP contribution in [-0.4, -0.2) is 50.3 Å². The average molecular weight is 323 g/mol. The highest BCUT2D eigenvalue weighted by molar-refractivity contribution is 7.86. The van der Waals surface area contributed by atoms with E-state index in [9.17, 15) is 8.42 Å². The highest BCUT2D eigenvalue weighted by atomic mass is 32.2. The van der Waals surface area contributed by atoms with Gasteiger partial charge in [0.05, 0.1) is 0 Å². The van der Waals surface area contributed by atoms with Gasteiger partial charge in [-0.1, -0.05) is 24.3 Å². The fourth-order valence-corrected chi connectivity index (χ4v) is 5.23. The van der Waals surface area contributed by atoms with Gasteiger partial charge in [0, 0.05) is 26.2 Å². The van der Waals surface area contributed by atoms with E-state index in [0.717, 1.165) is 31.4 Å². The highest BCUT2D eigenvalue weighted by Gasteiger charge is 2.34. The van der Waals surface area contributed by atoms with Gasteiger partial charge in [-0.3, -0.25) is 0 Å². The van der Waals surface area contributed by atoms with Crippen molar-refractivity contribution in [3.8, 4) is 0 Å². The van der Waals surface area contributed by atoms with Crippen LogP contribution in [0.15, 0.2) is 24.3 Å². The van der Waals surface area contributed by atoms with E-state index in [2.05, 4.69) is 11.4 Å². The van der Waals surface area contributed by atoms with E-state index < -0.39 is 10.2 Å². The summed E-state index contributed by atoms with van der Waals surface area (Å²) in [6, 6.07) is 8.15. The highest BCUT2D eigenvalue weighted by Crippen LogP contribution is 2.25. The van der Waals surface area contributed by atoms with E-state index in [4.69, 9.17) is 0 Å². The van der Waals surface area contributed by atoms with Gasteiger partial charge < -0.3 is 5.32 Å². The molecule has 1 saturated heterocycles. The summed E-state index contributed by atoms with van der Waals surface area (Å²) in [4.78, 5) is 0. The fourth-order valence-electron chi connectivity index (χ4n) is 3.52. The normalized spacial score (nSPS) is 24.1. The van der Waals surface area contributed by atoms with Crippen molar-refractivity contribution in [3.63, 3.8) is 0 Å². The maximum Gasteiger partial charge on any atom is 0.282 e. The Morgan fingerprint density at radius 1 is 1.18 bits per heavy atom. The lowest BCUT2D eigenvalue weighted by atomic mass is 10.00. The number of nitrogens with one attached hydrogen (secondary N) is 1. The van der Waals surface area contributed by atoms with Crippen molar-refractivity contribution in [2.75, 3.05) is 33.2 Å². The molecule has 1 aromatic rings. The quantitative estimate of drug-likeness (QED) is 0.906. The first kappa shape index (κ1) is 15.9. The molecule has 0 amide bonds.